The highest BCUT2D eigenvalue weighted by Gasteiger charge is 2.18. The molecule has 3 nitrogen and oxygen atoms in total. The second-order valence-electron chi connectivity index (χ2n) is 6.48. The van der Waals surface area contributed by atoms with Crippen molar-refractivity contribution in [2.75, 3.05) is 0 Å². The number of Topliss-reactive ketones (excluding diaryl/α,β-unsaturated/α-hetero) is 3. The topological polar surface area (TPSA) is 51.2 Å². The van der Waals surface area contributed by atoms with Crippen LogP contribution in [0.25, 0.3) is 0 Å². The minimum absolute atomic E-state index is 0.0672. The fourth-order valence-corrected chi connectivity index (χ4v) is 2.79. The van der Waals surface area contributed by atoms with Gasteiger partial charge in [0, 0.05) is 32.1 Å². The third-order valence-electron chi connectivity index (χ3n) is 4.06. The Morgan fingerprint density at radius 3 is 1.82 bits per heavy atom. The van der Waals surface area contributed by atoms with Gasteiger partial charge >= 0.3 is 0 Å². The van der Waals surface area contributed by atoms with Gasteiger partial charge in [0.2, 0.25) is 0 Å². The summed E-state index contributed by atoms with van der Waals surface area (Å²) in [4.78, 5) is 34.8. The maximum Gasteiger partial charge on any atom is 0.133 e. The van der Waals surface area contributed by atoms with Gasteiger partial charge < -0.3 is 4.79 Å². The van der Waals surface area contributed by atoms with E-state index in [0.29, 0.717) is 32.1 Å². The molecule has 1 atom stereocenters. The predicted octanol–water partition coefficient (Wildman–Crippen LogP) is 5.05. The van der Waals surface area contributed by atoms with Gasteiger partial charge in [-0.2, -0.15) is 0 Å². The molecule has 0 bridgehead atoms. The van der Waals surface area contributed by atoms with E-state index in [1.807, 2.05) is 6.92 Å². The van der Waals surface area contributed by atoms with Crippen molar-refractivity contribution in [2.45, 2.75) is 97.8 Å². The first-order valence-corrected chi connectivity index (χ1v) is 9.02. The third kappa shape index (κ3) is 12.7. The van der Waals surface area contributed by atoms with Crippen molar-refractivity contribution in [3.8, 4) is 0 Å². The summed E-state index contributed by atoms with van der Waals surface area (Å²) in [5.74, 6) is 0.346. The molecule has 0 aliphatic rings. The number of ketones is 3. The smallest absolute Gasteiger partial charge is 0.133 e. The molecule has 0 heterocycles. The summed E-state index contributed by atoms with van der Waals surface area (Å²) >= 11 is 0. The number of unbranched alkanes of at least 4 members (excludes halogenated alkanes) is 6. The van der Waals surface area contributed by atoms with Crippen LogP contribution in [0, 0.1) is 5.92 Å². The number of rotatable bonds is 15. The Labute approximate surface area is 136 Å². The second-order valence-corrected chi connectivity index (χ2v) is 6.48. The molecule has 0 amide bonds. The highest BCUT2D eigenvalue weighted by Crippen LogP contribution is 2.18. The number of carbonyl (C=O) groups is 3. The van der Waals surface area contributed by atoms with Crippen LogP contribution in [0.5, 0.6) is 0 Å². The van der Waals surface area contributed by atoms with Crippen LogP contribution in [-0.4, -0.2) is 17.3 Å². The van der Waals surface area contributed by atoms with Crippen LogP contribution in [0.4, 0.5) is 0 Å². The van der Waals surface area contributed by atoms with Gasteiger partial charge in [0.25, 0.3) is 0 Å². The summed E-state index contributed by atoms with van der Waals surface area (Å²) in [7, 11) is 0. The summed E-state index contributed by atoms with van der Waals surface area (Å²) in [6.45, 7) is 5.57. The minimum atomic E-state index is -0.0815. The van der Waals surface area contributed by atoms with Crippen LogP contribution < -0.4 is 0 Å². The lowest BCUT2D eigenvalue weighted by Gasteiger charge is -2.13. The van der Waals surface area contributed by atoms with Crippen molar-refractivity contribution in [1.29, 1.82) is 0 Å². The van der Waals surface area contributed by atoms with E-state index < -0.39 is 0 Å². The van der Waals surface area contributed by atoms with Gasteiger partial charge in [0.05, 0.1) is 0 Å². The second kappa shape index (κ2) is 13.7. The first-order valence-electron chi connectivity index (χ1n) is 9.02. The molecule has 0 spiro atoms. The maximum atomic E-state index is 12.0. The average Bonchev–Trinajstić information content (AvgIpc) is 2.45. The highest BCUT2D eigenvalue weighted by molar-refractivity contribution is 5.83. The summed E-state index contributed by atoms with van der Waals surface area (Å²) in [6, 6.07) is 0. The van der Waals surface area contributed by atoms with Gasteiger partial charge in [-0.3, -0.25) is 9.59 Å². The molecule has 0 aliphatic carbocycles. The first-order chi connectivity index (χ1) is 10.5. The van der Waals surface area contributed by atoms with Crippen LogP contribution in [0.1, 0.15) is 97.8 Å². The molecule has 22 heavy (non-hydrogen) atoms. The number of hydrogen-bond acceptors (Lipinski definition) is 3. The molecule has 0 fully saturated rings. The maximum absolute atomic E-state index is 12.0. The third-order valence-corrected chi connectivity index (χ3v) is 4.06. The molecule has 0 saturated heterocycles. The average molecular weight is 310 g/mol. The van der Waals surface area contributed by atoms with Crippen molar-refractivity contribution in [3.63, 3.8) is 0 Å². The van der Waals surface area contributed by atoms with Crippen molar-refractivity contribution < 1.29 is 14.4 Å². The monoisotopic (exact) mass is 310 g/mol. The standard InChI is InChI=1S/C19H34O3/c1-4-6-7-8-9-10-11-12-19(22)15-17(13-16(3)20)14-18(21)5-2/h17H,4-15H2,1-3H3. The predicted molar refractivity (Wildman–Crippen MR) is 90.9 cm³/mol. The molecule has 0 radical (unpaired) electrons. The Bertz CT molecular complexity index is 334. The molecular formula is C19H34O3. The van der Waals surface area contributed by atoms with E-state index in [9.17, 15) is 14.4 Å². The Morgan fingerprint density at radius 2 is 1.27 bits per heavy atom. The van der Waals surface area contributed by atoms with E-state index >= 15 is 0 Å². The van der Waals surface area contributed by atoms with E-state index in [2.05, 4.69) is 6.92 Å². The van der Waals surface area contributed by atoms with Crippen LogP contribution in [0.3, 0.4) is 0 Å². The zero-order valence-corrected chi connectivity index (χ0v) is 14.8. The normalized spacial score (nSPS) is 12.1. The summed E-state index contributed by atoms with van der Waals surface area (Å²) in [5.41, 5.74) is 0. The van der Waals surface area contributed by atoms with E-state index in [-0.39, 0.29) is 23.3 Å². The molecule has 0 saturated carbocycles. The molecule has 0 aromatic carbocycles. The zero-order valence-electron chi connectivity index (χ0n) is 14.8. The lowest BCUT2D eigenvalue weighted by molar-refractivity contribution is -0.123. The molecule has 1 unspecified atom stereocenters. The quantitative estimate of drug-likeness (QED) is 0.398. The van der Waals surface area contributed by atoms with Gasteiger partial charge in [-0.25, -0.2) is 0 Å². The molecule has 0 aromatic heterocycles. The SMILES string of the molecule is CCCCCCCCCC(=O)CC(CC(C)=O)CC(=O)CC. The largest absolute Gasteiger partial charge is 0.300 e. The van der Waals surface area contributed by atoms with E-state index in [4.69, 9.17) is 0 Å². The van der Waals surface area contributed by atoms with Crippen molar-refractivity contribution >= 4 is 17.3 Å². The Balaban J connectivity index is 3.91. The molecule has 0 N–H and O–H groups in total. The summed E-state index contributed by atoms with van der Waals surface area (Å²) in [5, 5.41) is 0. The lowest BCUT2D eigenvalue weighted by Crippen LogP contribution is -2.15. The fourth-order valence-electron chi connectivity index (χ4n) is 2.79. The van der Waals surface area contributed by atoms with Gasteiger partial charge in [-0.1, -0.05) is 52.4 Å². The Kier molecular flexibility index (Phi) is 13.0. The van der Waals surface area contributed by atoms with Crippen molar-refractivity contribution in [2.24, 2.45) is 5.92 Å². The molecule has 128 valence electrons. The van der Waals surface area contributed by atoms with Gasteiger partial charge in [0.1, 0.15) is 17.3 Å². The van der Waals surface area contributed by atoms with E-state index in [0.717, 1.165) is 12.8 Å². The highest BCUT2D eigenvalue weighted by atomic mass is 16.1. The zero-order chi connectivity index (χ0) is 16.8. The summed E-state index contributed by atoms with van der Waals surface area (Å²) in [6.07, 6.45) is 10.6. The lowest BCUT2D eigenvalue weighted by atomic mass is 9.90. The molecular weight excluding hydrogens is 276 g/mol. The Hall–Kier alpha value is -0.990. The minimum Gasteiger partial charge on any atom is -0.300 e. The van der Waals surface area contributed by atoms with Gasteiger partial charge in [-0.05, 0) is 19.3 Å². The van der Waals surface area contributed by atoms with Crippen molar-refractivity contribution in [1.82, 2.24) is 0 Å². The van der Waals surface area contributed by atoms with E-state index in [1.54, 1.807) is 0 Å². The van der Waals surface area contributed by atoms with Crippen LogP contribution >= 0.6 is 0 Å². The van der Waals surface area contributed by atoms with Gasteiger partial charge in [0.15, 0.2) is 0 Å². The fraction of sp³-hybridized carbons (Fsp3) is 0.842. The molecule has 0 rings (SSSR count). The van der Waals surface area contributed by atoms with Crippen LogP contribution in [-0.2, 0) is 14.4 Å². The van der Waals surface area contributed by atoms with E-state index in [1.165, 1.54) is 39.0 Å². The van der Waals surface area contributed by atoms with Crippen molar-refractivity contribution in [3.05, 3.63) is 0 Å². The summed E-state index contributed by atoms with van der Waals surface area (Å²) < 4.78 is 0. The number of hydrogen-bond donors (Lipinski definition) is 0. The van der Waals surface area contributed by atoms with Crippen LogP contribution in [0.2, 0.25) is 0 Å². The molecule has 0 aliphatic heterocycles. The first kappa shape index (κ1) is 21.0. The molecule has 0 aromatic rings. The van der Waals surface area contributed by atoms with Gasteiger partial charge in [-0.15, -0.1) is 0 Å². The molecule has 3 heteroatoms. The van der Waals surface area contributed by atoms with Crippen LogP contribution in [0.15, 0.2) is 0 Å². The number of carbonyl (C=O) groups excluding carboxylic acids is 3. The Morgan fingerprint density at radius 1 is 0.727 bits per heavy atom.